The van der Waals surface area contributed by atoms with Crippen LogP contribution in [0.3, 0.4) is 0 Å². The Bertz CT molecular complexity index is 1430. The highest BCUT2D eigenvalue weighted by Crippen LogP contribution is 2.33. The molecular weight excluding hydrogens is 472 g/mol. The van der Waals surface area contributed by atoms with Crippen molar-refractivity contribution in [3.05, 3.63) is 63.9 Å². The van der Waals surface area contributed by atoms with Crippen molar-refractivity contribution >= 4 is 12.0 Å². The largest absolute Gasteiger partial charge is 0.494 e. The molecule has 0 spiro atoms. The summed E-state index contributed by atoms with van der Waals surface area (Å²) in [5.74, 6) is -1.13. The molecule has 186 valence electrons. The average Bonchev–Trinajstić information content (AvgIpc) is 2.85. The summed E-state index contributed by atoms with van der Waals surface area (Å²) in [5.41, 5.74) is 0.0420. The van der Waals surface area contributed by atoms with Gasteiger partial charge in [-0.3, -0.25) is 9.36 Å². The molecule has 0 radical (unpaired) electrons. The van der Waals surface area contributed by atoms with Gasteiger partial charge in [-0.2, -0.15) is 5.26 Å². The van der Waals surface area contributed by atoms with Crippen LogP contribution < -0.4 is 20.5 Å². The van der Waals surface area contributed by atoms with Gasteiger partial charge in [-0.15, -0.1) is 0 Å². The van der Waals surface area contributed by atoms with Gasteiger partial charge >= 0.3 is 6.09 Å². The first-order valence-corrected chi connectivity index (χ1v) is 11.1. The molecule has 0 unspecified atom stereocenters. The van der Waals surface area contributed by atoms with Crippen LogP contribution in [0, 0.1) is 23.0 Å². The normalized spacial score (nSPS) is 13.8. The molecule has 1 saturated heterocycles. The number of aromatic nitrogens is 2. The van der Waals surface area contributed by atoms with Gasteiger partial charge in [-0.25, -0.2) is 18.6 Å². The topological polar surface area (TPSA) is 120 Å². The minimum atomic E-state index is -1.10. The summed E-state index contributed by atoms with van der Waals surface area (Å²) in [6.07, 6.45) is -0.0803. The Morgan fingerprint density at radius 1 is 1.17 bits per heavy atom. The first kappa shape index (κ1) is 24.7. The number of nitrogens with one attached hydrogen (secondary N) is 1. The van der Waals surface area contributed by atoms with Crippen molar-refractivity contribution in [2.75, 3.05) is 25.1 Å². The van der Waals surface area contributed by atoms with Gasteiger partial charge in [0.25, 0.3) is 5.56 Å². The summed E-state index contributed by atoms with van der Waals surface area (Å²) in [7, 11) is 2.87. The highest BCUT2D eigenvalue weighted by Gasteiger charge is 2.26. The molecule has 1 aromatic heterocycles. The lowest BCUT2D eigenvalue weighted by Crippen LogP contribution is -2.46. The number of nitriles is 1. The fraction of sp³-hybridized carbons (Fsp3) is 0.280. The second kappa shape index (κ2) is 10.0. The maximum atomic E-state index is 14.6. The number of hydrogen-bond donors (Lipinski definition) is 2. The second-order valence-electron chi connectivity index (χ2n) is 8.37. The predicted octanol–water partition coefficient (Wildman–Crippen LogP) is 3.51. The lowest BCUT2D eigenvalue weighted by atomic mass is 9.99. The van der Waals surface area contributed by atoms with E-state index in [0.29, 0.717) is 31.9 Å². The number of ether oxygens (including phenoxy) is 1. The van der Waals surface area contributed by atoms with Gasteiger partial charge in [0.2, 0.25) is 5.95 Å². The summed E-state index contributed by atoms with van der Waals surface area (Å²) in [6.45, 7) is 0.867. The molecule has 1 fully saturated rings. The number of rotatable bonds is 5. The SMILES string of the molecule is COc1ccc(-c2c(-c3ccc(C#N)c(F)c3)nc(N3CCC(NC(=O)O)CC3)n(C)c2=O)cc1F. The van der Waals surface area contributed by atoms with Gasteiger partial charge in [0.1, 0.15) is 11.9 Å². The van der Waals surface area contributed by atoms with Gasteiger partial charge in [0.15, 0.2) is 11.6 Å². The lowest BCUT2D eigenvalue weighted by molar-refractivity contribution is 0.187. The van der Waals surface area contributed by atoms with E-state index in [1.165, 1.54) is 35.9 Å². The van der Waals surface area contributed by atoms with Crippen molar-refractivity contribution in [2.24, 2.45) is 7.05 Å². The number of carboxylic acid groups (broad SMARTS) is 1. The molecule has 9 nitrogen and oxygen atoms in total. The third kappa shape index (κ3) is 4.70. The van der Waals surface area contributed by atoms with Crippen LogP contribution in [0.5, 0.6) is 5.75 Å². The molecule has 0 aliphatic carbocycles. The first-order valence-electron chi connectivity index (χ1n) is 11.1. The number of anilines is 1. The van der Waals surface area contributed by atoms with Crippen LogP contribution in [0.15, 0.2) is 41.2 Å². The summed E-state index contributed by atoms with van der Waals surface area (Å²) < 4.78 is 35.4. The molecule has 3 aromatic rings. The molecule has 2 N–H and O–H groups in total. The highest BCUT2D eigenvalue weighted by atomic mass is 19.1. The van der Waals surface area contributed by atoms with Gasteiger partial charge in [-0.05, 0) is 42.7 Å². The van der Waals surface area contributed by atoms with E-state index in [-0.39, 0.29) is 39.7 Å². The number of amides is 1. The Balaban J connectivity index is 1.86. The minimum absolute atomic E-state index is 0.00367. The minimum Gasteiger partial charge on any atom is -0.494 e. The molecule has 4 rings (SSSR count). The molecule has 2 aromatic carbocycles. The summed E-state index contributed by atoms with van der Waals surface area (Å²) in [5, 5.41) is 20.5. The van der Waals surface area contributed by atoms with Gasteiger partial charge in [0, 0.05) is 31.7 Å². The Labute approximate surface area is 205 Å². The molecule has 0 bridgehead atoms. The van der Waals surface area contributed by atoms with Crippen LogP contribution in [0.25, 0.3) is 22.4 Å². The van der Waals surface area contributed by atoms with E-state index in [4.69, 9.17) is 20.1 Å². The lowest BCUT2D eigenvalue weighted by Gasteiger charge is -2.33. The molecule has 0 saturated carbocycles. The van der Waals surface area contributed by atoms with Crippen LogP contribution >= 0.6 is 0 Å². The Morgan fingerprint density at radius 2 is 1.83 bits per heavy atom. The summed E-state index contributed by atoms with van der Waals surface area (Å²) in [6, 6.07) is 9.51. The van der Waals surface area contributed by atoms with Crippen LogP contribution in [0.4, 0.5) is 19.5 Å². The molecule has 2 heterocycles. The number of methoxy groups -OCH3 is 1. The van der Waals surface area contributed by atoms with E-state index < -0.39 is 23.3 Å². The van der Waals surface area contributed by atoms with Crippen molar-refractivity contribution in [1.82, 2.24) is 14.9 Å². The Kier molecular flexibility index (Phi) is 6.87. The highest BCUT2D eigenvalue weighted by molar-refractivity contribution is 5.81. The van der Waals surface area contributed by atoms with Gasteiger partial charge < -0.3 is 20.1 Å². The van der Waals surface area contributed by atoms with Crippen LogP contribution in [-0.2, 0) is 7.05 Å². The fourth-order valence-corrected chi connectivity index (χ4v) is 4.32. The third-order valence-electron chi connectivity index (χ3n) is 6.18. The van der Waals surface area contributed by atoms with E-state index in [1.54, 1.807) is 13.1 Å². The number of halogens is 2. The Morgan fingerprint density at radius 3 is 2.42 bits per heavy atom. The van der Waals surface area contributed by atoms with E-state index in [0.717, 1.165) is 12.1 Å². The summed E-state index contributed by atoms with van der Waals surface area (Å²) >= 11 is 0. The van der Waals surface area contributed by atoms with Crippen molar-refractivity contribution in [3.8, 4) is 34.2 Å². The maximum Gasteiger partial charge on any atom is 0.404 e. The maximum absolute atomic E-state index is 14.6. The van der Waals surface area contributed by atoms with Gasteiger partial charge in [0.05, 0.1) is 23.9 Å². The smallest absolute Gasteiger partial charge is 0.404 e. The summed E-state index contributed by atoms with van der Waals surface area (Å²) in [4.78, 5) is 31.1. The van der Waals surface area contributed by atoms with Crippen molar-refractivity contribution < 1.29 is 23.4 Å². The zero-order valence-corrected chi connectivity index (χ0v) is 19.6. The molecular formula is C25H23F2N5O4. The van der Waals surface area contributed by atoms with Gasteiger partial charge in [-0.1, -0.05) is 12.1 Å². The monoisotopic (exact) mass is 495 g/mol. The van der Waals surface area contributed by atoms with Crippen LogP contribution in [-0.4, -0.2) is 47.0 Å². The third-order valence-corrected chi connectivity index (χ3v) is 6.18. The van der Waals surface area contributed by atoms with Crippen molar-refractivity contribution in [3.63, 3.8) is 0 Å². The van der Waals surface area contributed by atoms with Crippen molar-refractivity contribution in [2.45, 2.75) is 18.9 Å². The zero-order valence-electron chi connectivity index (χ0n) is 19.6. The number of nitrogens with zero attached hydrogens (tertiary/aromatic N) is 4. The van der Waals surface area contributed by atoms with Crippen LogP contribution in [0.2, 0.25) is 0 Å². The number of piperidine rings is 1. The second-order valence-corrected chi connectivity index (χ2v) is 8.37. The predicted molar refractivity (Wildman–Crippen MR) is 128 cm³/mol. The average molecular weight is 495 g/mol. The fourth-order valence-electron chi connectivity index (χ4n) is 4.32. The molecule has 0 atom stereocenters. The number of carbonyl (C=O) groups is 1. The van der Waals surface area contributed by atoms with E-state index in [9.17, 15) is 18.4 Å². The number of benzene rings is 2. The molecule has 11 heteroatoms. The Hall–Kier alpha value is -4.46. The molecule has 1 aliphatic heterocycles. The molecule has 1 aliphatic rings. The van der Waals surface area contributed by atoms with E-state index in [1.807, 2.05) is 4.90 Å². The molecule has 1 amide bonds. The zero-order chi connectivity index (χ0) is 26.0. The van der Waals surface area contributed by atoms with Crippen LogP contribution in [0.1, 0.15) is 18.4 Å². The standard InChI is InChI=1S/C25H23F2N5O4/c1-31-23(33)21(14-5-6-20(36-2)19(27)11-14)22(15-3-4-16(13-28)18(26)12-15)30-24(31)32-9-7-17(8-10-32)29-25(34)35/h3-6,11-12,17,29H,7-10H2,1-2H3,(H,34,35). The molecule has 36 heavy (non-hydrogen) atoms. The van der Waals surface area contributed by atoms with Crippen molar-refractivity contribution in [1.29, 1.82) is 5.26 Å². The van der Waals surface area contributed by atoms with E-state index in [2.05, 4.69) is 5.32 Å². The number of hydrogen-bond acceptors (Lipinski definition) is 6. The quantitative estimate of drug-likeness (QED) is 0.556. The van der Waals surface area contributed by atoms with E-state index >= 15 is 0 Å². The first-order chi connectivity index (χ1) is 17.2.